The fourth-order valence-corrected chi connectivity index (χ4v) is 2.93. The molecule has 2 aromatic carbocycles. The number of aromatic nitrogens is 2. The Bertz CT molecular complexity index is 1070. The number of hydrogen-bond acceptors (Lipinski definition) is 5. The van der Waals surface area contributed by atoms with Gasteiger partial charge in [-0.2, -0.15) is 5.10 Å². The predicted molar refractivity (Wildman–Crippen MR) is 109 cm³/mol. The summed E-state index contributed by atoms with van der Waals surface area (Å²) >= 11 is 0. The number of amides is 1. The lowest BCUT2D eigenvalue weighted by Gasteiger charge is -2.10. The molecule has 0 saturated heterocycles. The number of anilines is 1. The number of nitrogens with one attached hydrogen (secondary N) is 1. The molecule has 7 heteroatoms. The van der Waals surface area contributed by atoms with Gasteiger partial charge in [-0.05, 0) is 57.2 Å². The van der Waals surface area contributed by atoms with Crippen molar-refractivity contribution in [2.45, 2.75) is 20.8 Å². The number of ketones is 1. The molecule has 29 heavy (non-hydrogen) atoms. The van der Waals surface area contributed by atoms with Crippen LogP contribution in [0.25, 0.3) is 5.69 Å². The summed E-state index contributed by atoms with van der Waals surface area (Å²) in [6.07, 6.45) is 1.46. The van der Waals surface area contributed by atoms with Crippen molar-refractivity contribution in [2.24, 2.45) is 0 Å². The largest absolute Gasteiger partial charge is 0.462 e. The van der Waals surface area contributed by atoms with Crippen molar-refractivity contribution >= 4 is 23.3 Å². The van der Waals surface area contributed by atoms with E-state index in [1.807, 2.05) is 0 Å². The number of ether oxygens (including phenoxy) is 1. The first-order chi connectivity index (χ1) is 13.9. The van der Waals surface area contributed by atoms with Crippen molar-refractivity contribution in [1.29, 1.82) is 0 Å². The maximum atomic E-state index is 12.6. The summed E-state index contributed by atoms with van der Waals surface area (Å²) in [5, 5.41) is 7.01. The lowest BCUT2D eigenvalue weighted by molar-refractivity contribution is 0.0525. The van der Waals surface area contributed by atoms with E-state index in [1.165, 1.54) is 13.1 Å². The van der Waals surface area contributed by atoms with Crippen LogP contribution >= 0.6 is 0 Å². The van der Waals surface area contributed by atoms with Gasteiger partial charge in [0.1, 0.15) is 5.56 Å². The Kier molecular flexibility index (Phi) is 5.87. The van der Waals surface area contributed by atoms with Crippen molar-refractivity contribution in [3.63, 3.8) is 0 Å². The van der Waals surface area contributed by atoms with Crippen LogP contribution in [0.15, 0.2) is 54.7 Å². The van der Waals surface area contributed by atoms with Gasteiger partial charge in [-0.15, -0.1) is 0 Å². The first-order valence-electron chi connectivity index (χ1n) is 9.16. The topological polar surface area (TPSA) is 90.3 Å². The number of carbonyl (C=O) groups excluding carboxylic acids is 3. The minimum absolute atomic E-state index is 0.122. The molecule has 1 amide bonds. The average Bonchev–Trinajstić information content (AvgIpc) is 3.10. The highest BCUT2D eigenvalue weighted by Gasteiger charge is 2.16. The van der Waals surface area contributed by atoms with Gasteiger partial charge in [0.15, 0.2) is 5.78 Å². The Hall–Kier alpha value is -3.74. The molecule has 0 saturated carbocycles. The molecular weight excluding hydrogens is 370 g/mol. The first-order valence-corrected chi connectivity index (χ1v) is 9.16. The molecule has 7 nitrogen and oxygen atoms in total. The third-order valence-electron chi connectivity index (χ3n) is 4.43. The molecule has 0 atom stereocenters. The molecule has 0 unspecified atom stereocenters. The standard InChI is InChI=1S/C22H21N3O4/c1-4-29-22(28)19-13-23-25(14(19)2)17-11-9-16(10-12-17)21(27)24-20-8-6-5-7-18(20)15(3)26/h5-13H,4H2,1-3H3,(H,24,27). The fraction of sp³-hybridized carbons (Fsp3) is 0.182. The van der Waals surface area contributed by atoms with E-state index in [2.05, 4.69) is 10.4 Å². The van der Waals surface area contributed by atoms with Crippen LogP contribution in [0.1, 0.15) is 50.6 Å². The van der Waals surface area contributed by atoms with Crippen LogP contribution in [-0.4, -0.2) is 34.0 Å². The number of para-hydroxylation sites is 1. The third kappa shape index (κ3) is 4.24. The quantitative estimate of drug-likeness (QED) is 0.510. The average molecular weight is 391 g/mol. The zero-order valence-corrected chi connectivity index (χ0v) is 16.4. The molecule has 3 aromatic rings. The molecule has 148 valence electrons. The molecule has 1 N–H and O–H groups in total. The van der Waals surface area contributed by atoms with Crippen LogP contribution in [0.4, 0.5) is 5.69 Å². The van der Waals surface area contributed by atoms with E-state index >= 15 is 0 Å². The number of benzene rings is 2. The van der Waals surface area contributed by atoms with E-state index in [0.29, 0.717) is 40.4 Å². The van der Waals surface area contributed by atoms with E-state index in [-0.39, 0.29) is 11.7 Å². The van der Waals surface area contributed by atoms with Crippen LogP contribution in [0, 0.1) is 6.92 Å². The second-order valence-electron chi connectivity index (χ2n) is 6.38. The predicted octanol–water partition coefficient (Wildman–Crippen LogP) is 3.81. The number of esters is 1. The molecule has 0 fully saturated rings. The van der Waals surface area contributed by atoms with Crippen molar-refractivity contribution in [3.05, 3.63) is 77.1 Å². The van der Waals surface area contributed by atoms with Crippen LogP contribution in [0.5, 0.6) is 0 Å². The zero-order chi connectivity index (χ0) is 21.0. The highest BCUT2D eigenvalue weighted by molar-refractivity contribution is 6.09. The van der Waals surface area contributed by atoms with E-state index in [1.54, 1.807) is 67.1 Å². The lowest BCUT2D eigenvalue weighted by atomic mass is 10.1. The van der Waals surface area contributed by atoms with Crippen LogP contribution in [0.3, 0.4) is 0 Å². The molecule has 1 aromatic heterocycles. The summed E-state index contributed by atoms with van der Waals surface area (Å²) < 4.78 is 6.63. The molecule has 1 heterocycles. The van der Waals surface area contributed by atoms with Crippen LogP contribution in [0.2, 0.25) is 0 Å². The maximum Gasteiger partial charge on any atom is 0.341 e. The Balaban J connectivity index is 1.80. The van der Waals surface area contributed by atoms with Crippen LogP contribution in [-0.2, 0) is 4.74 Å². The van der Waals surface area contributed by atoms with Gasteiger partial charge in [-0.25, -0.2) is 9.48 Å². The normalized spacial score (nSPS) is 10.4. The number of rotatable bonds is 6. The molecule has 0 spiro atoms. The summed E-state index contributed by atoms with van der Waals surface area (Å²) in [5.41, 5.74) is 3.11. The Morgan fingerprint density at radius 3 is 2.38 bits per heavy atom. The second-order valence-corrected chi connectivity index (χ2v) is 6.38. The zero-order valence-electron chi connectivity index (χ0n) is 16.4. The van der Waals surface area contributed by atoms with E-state index in [9.17, 15) is 14.4 Å². The van der Waals surface area contributed by atoms with E-state index < -0.39 is 5.97 Å². The van der Waals surface area contributed by atoms with E-state index in [4.69, 9.17) is 4.74 Å². The van der Waals surface area contributed by atoms with Gasteiger partial charge in [0.25, 0.3) is 5.91 Å². The van der Waals surface area contributed by atoms with Gasteiger partial charge in [-0.1, -0.05) is 12.1 Å². The molecular formula is C22H21N3O4. The lowest BCUT2D eigenvalue weighted by Crippen LogP contribution is -2.14. The SMILES string of the molecule is CCOC(=O)c1cnn(-c2ccc(C(=O)Nc3ccccc3C(C)=O)cc2)c1C. The molecule has 0 bridgehead atoms. The van der Waals surface area contributed by atoms with Gasteiger partial charge in [0, 0.05) is 11.1 Å². The molecule has 0 aliphatic carbocycles. The van der Waals surface area contributed by atoms with Crippen molar-refractivity contribution in [1.82, 2.24) is 9.78 Å². The number of hydrogen-bond donors (Lipinski definition) is 1. The summed E-state index contributed by atoms with van der Waals surface area (Å²) in [6.45, 7) is 5.27. The molecule has 0 aliphatic heterocycles. The van der Waals surface area contributed by atoms with E-state index in [0.717, 1.165) is 0 Å². The molecule has 0 radical (unpaired) electrons. The third-order valence-corrected chi connectivity index (χ3v) is 4.43. The summed E-state index contributed by atoms with van der Waals surface area (Å²) in [4.78, 5) is 36.2. The minimum atomic E-state index is -0.420. The number of nitrogens with zero attached hydrogens (tertiary/aromatic N) is 2. The van der Waals surface area contributed by atoms with Crippen molar-refractivity contribution in [2.75, 3.05) is 11.9 Å². The number of carbonyl (C=O) groups is 3. The summed E-state index contributed by atoms with van der Waals surface area (Å²) in [6, 6.07) is 13.7. The minimum Gasteiger partial charge on any atom is -0.462 e. The van der Waals surface area contributed by atoms with Gasteiger partial charge in [0.2, 0.25) is 0 Å². The highest BCUT2D eigenvalue weighted by Crippen LogP contribution is 2.19. The highest BCUT2D eigenvalue weighted by atomic mass is 16.5. The smallest absolute Gasteiger partial charge is 0.341 e. The van der Waals surface area contributed by atoms with Gasteiger partial charge in [0.05, 0.1) is 29.9 Å². The number of Topliss-reactive ketones (excluding diaryl/α,β-unsaturated/α-hetero) is 1. The summed E-state index contributed by atoms with van der Waals surface area (Å²) in [5.74, 6) is -0.867. The summed E-state index contributed by atoms with van der Waals surface area (Å²) in [7, 11) is 0. The van der Waals surface area contributed by atoms with Gasteiger partial charge in [-0.3, -0.25) is 9.59 Å². The van der Waals surface area contributed by atoms with Crippen molar-refractivity contribution in [3.8, 4) is 5.69 Å². The first kappa shape index (κ1) is 20.0. The second kappa shape index (κ2) is 8.52. The maximum absolute atomic E-state index is 12.6. The Labute approximate surface area is 168 Å². The Morgan fingerprint density at radius 1 is 1.03 bits per heavy atom. The van der Waals surface area contributed by atoms with Crippen molar-refractivity contribution < 1.29 is 19.1 Å². The monoisotopic (exact) mass is 391 g/mol. The Morgan fingerprint density at radius 2 is 1.72 bits per heavy atom. The van der Waals surface area contributed by atoms with Crippen LogP contribution < -0.4 is 5.32 Å². The fourth-order valence-electron chi connectivity index (χ4n) is 2.93. The van der Waals surface area contributed by atoms with Gasteiger partial charge >= 0.3 is 5.97 Å². The molecule has 0 aliphatic rings. The van der Waals surface area contributed by atoms with Gasteiger partial charge < -0.3 is 10.1 Å². The molecule has 3 rings (SSSR count).